The summed E-state index contributed by atoms with van der Waals surface area (Å²) in [5.74, 6) is 2.21. The largest absolute Gasteiger partial charge is 0.376 e. The van der Waals surface area contributed by atoms with Crippen molar-refractivity contribution in [2.24, 2.45) is 0 Å². The van der Waals surface area contributed by atoms with Gasteiger partial charge in [-0.05, 0) is 31.1 Å². The van der Waals surface area contributed by atoms with E-state index in [1.807, 2.05) is 16.7 Å². The van der Waals surface area contributed by atoms with Crippen LogP contribution in [0.3, 0.4) is 0 Å². The highest BCUT2D eigenvalue weighted by molar-refractivity contribution is 7.99. The molecule has 2 saturated heterocycles. The third-order valence-electron chi connectivity index (χ3n) is 4.03. The Morgan fingerprint density at radius 3 is 3.09 bits per heavy atom. The lowest BCUT2D eigenvalue weighted by Gasteiger charge is -2.29. The van der Waals surface area contributed by atoms with Crippen LogP contribution in [0.2, 0.25) is 0 Å². The summed E-state index contributed by atoms with van der Waals surface area (Å²) in [7, 11) is 0. The predicted octanol–water partition coefficient (Wildman–Crippen LogP) is 2.00. The van der Waals surface area contributed by atoms with Crippen LogP contribution in [-0.2, 0) is 9.53 Å². The number of amides is 1. The monoisotopic (exact) mass is 319 g/mol. The van der Waals surface area contributed by atoms with Gasteiger partial charge in [0.1, 0.15) is 0 Å². The van der Waals surface area contributed by atoms with Crippen molar-refractivity contribution in [3.05, 3.63) is 30.4 Å². The molecule has 2 unspecified atom stereocenters. The minimum atomic E-state index is 0.0497. The van der Waals surface area contributed by atoms with E-state index < -0.39 is 0 Å². The number of ether oxygens (including phenoxy) is 1. The maximum atomic E-state index is 12.6. The maximum Gasteiger partial charge on any atom is 0.246 e. The normalized spacial score (nSPS) is 24.9. The average Bonchev–Trinajstić information content (AvgIpc) is 3.24. The van der Waals surface area contributed by atoms with Gasteiger partial charge >= 0.3 is 0 Å². The lowest BCUT2D eigenvalue weighted by atomic mass is 10.1. The fourth-order valence-corrected chi connectivity index (χ4v) is 4.07. The molecule has 2 aliphatic heterocycles. The molecule has 22 heavy (non-hydrogen) atoms. The highest BCUT2D eigenvalue weighted by Gasteiger charge is 2.29. The molecule has 3 rings (SSSR count). The first kappa shape index (κ1) is 15.5. The standard InChI is InChI=1S/C16H21N3O2S/c20-16(4-3-13-10-17-6-7-18-13)19(14-5-9-22-12-14)11-15-2-1-8-21-15/h3-4,6-7,10,14-15H,1-2,5,8-9,11-12H2/b4-3+. The van der Waals surface area contributed by atoms with Crippen molar-refractivity contribution in [3.8, 4) is 0 Å². The molecule has 0 aromatic carbocycles. The van der Waals surface area contributed by atoms with Gasteiger partial charge in [-0.15, -0.1) is 0 Å². The summed E-state index contributed by atoms with van der Waals surface area (Å²) in [4.78, 5) is 22.8. The Balaban J connectivity index is 1.66. The third kappa shape index (κ3) is 4.08. The zero-order chi connectivity index (χ0) is 15.2. The van der Waals surface area contributed by atoms with Crippen LogP contribution in [0.25, 0.3) is 6.08 Å². The van der Waals surface area contributed by atoms with Crippen LogP contribution in [-0.4, -0.2) is 57.6 Å². The minimum Gasteiger partial charge on any atom is -0.376 e. The van der Waals surface area contributed by atoms with Gasteiger partial charge in [0.15, 0.2) is 0 Å². The third-order valence-corrected chi connectivity index (χ3v) is 5.18. The van der Waals surface area contributed by atoms with E-state index in [0.717, 1.165) is 37.4 Å². The second-order valence-corrected chi connectivity index (χ2v) is 6.76. The molecule has 0 aliphatic carbocycles. The van der Waals surface area contributed by atoms with Crippen molar-refractivity contribution in [2.45, 2.75) is 31.4 Å². The Morgan fingerprint density at radius 1 is 1.45 bits per heavy atom. The summed E-state index contributed by atoms with van der Waals surface area (Å²) in [5.41, 5.74) is 0.703. The second kappa shape index (κ2) is 7.74. The van der Waals surface area contributed by atoms with E-state index in [4.69, 9.17) is 4.74 Å². The van der Waals surface area contributed by atoms with Gasteiger partial charge < -0.3 is 9.64 Å². The van der Waals surface area contributed by atoms with Crippen molar-refractivity contribution in [3.63, 3.8) is 0 Å². The molecule has 0 radical (unpaired) electrons. The highest BCUT2D eigenvalue weighted by atomic mass is 32.2. The average molecular weight is 319 g/mol. The quantitative estimate of drug-likeness (QED) is 0.777. The number of thioether (sulfide) groups is 1. The number of aromatic nitrogens is 2. The molecule has 1 aromatic rings. The lowest BCUT2D eigenvalue weighted by molar-refractivity contribution is -0.129. The molecule has 6 heteroatoms. The van der Waals surface area contributed by atoms with E-state index in [1.54, 1.807) is 30.7 Å². The van der Waals surface area contributed by atoms with Crippen molar-refractivity contribution in [1.82, 2.24) is 14.9 Å². The number of rotatable bonds is 5. The van der Waals surface area contributed by atoms with Crippen molar-refractivity contribution in [2.75, 3.05) is 24.7 Å². The molecule has 1 aromatic heterocycles. The second-order valence-electron chi connectivity index (χ2n) is 5.61. The Hall–Kier alpha value is -1.40. The number of hydrogen-bond donors (Lipinski definition) is 0. The van der Waals surface area contributed by atoms with Crippen LogP contribution in [0, 0.1) is 0 Å². The van der Waals surface area contributed by atoms with Crippen molar-refractivity contribution < 1.29 is 9.53 Å². The molecule has 1 amide bonds. The van der Waals surface area contributed by atoms with Gasteiger partial charge in [-0.25, -0.2) is 0 Å². The summed E-state index contributed by atoms with van der Waals surface area (Å²) >= 11 is 1.92. The molecule has 2 atom stereocenters. The van der Waals surface area contributed by atoms with Crippen LogP contribution in [0.5, 0.6) is 0 Å². The molecule has 2 fully saturated rings. The molecule has 0 spiro atoms. The van der Waals surface area contributed by atoms with E-state index in [9.17, 15) is 4.79 Å². The van der Waals surface area contributed by atoms with Gasteiger partial charge in [0.2, 0.25) is 5.91 Å². The molecule has 5 nitrogen and oxygen atoms in total. The van der Waals surface area contributed by atoms with Gasteiger partial charge in [0.05, 0.1) is 18.0 Å². The summed E-state index contributed by atoms with van der Waals surface area (Å²) in [6.45, 7) is 1.52. The first-order valence-electron chi connectivity index (χ1n) is 7.77. The van der Waals surface area contributed by atoms with Crippen LogP contribution in [0.15, 0.2) is 24.7 Å². The fraction of sp³-hybridized carbons (Fsp3) is 0.562. The molecule has 0 N–H and O–H groups in total. The van der Waals surface area contributed by atoms with Gasteiger partial charge in [0, 0.05) is 43.4 Å². The van der Waals surface area contributed by atoms with Gasteiger partial charge in [0.25, 0.3) is 0 Å². The van der Waals surface area contributed by atoms with Gasteiger partial charge in [-0.3, -0.25) is 14.8 Å². The predicted molar refractivity (Wildman–Crippen MR) is 87.5 cm³/mol. The van der Waals surface area contributed by atoms with Crippen LogP contribution < -0.4 is 0 Å². The highest BCUT2D eigenvalue weighted by Crippen LogP contribution is 2.24. The summed E-state index contributed by atoms with van der Waals surface area (Å²) in [6, 6.07) is 0.327. The van der Waals surface area contributed by atoms with Crippen LogP contribution in [0.4, 0.5) is 0 Å². The summed E-state index contributed by atoms with van der Waals surface area (Å²) in [5, 5.41) is 0. The van der Waals surface area contributed by atoms with Crippen molar-refractivity contribution >= 4 is 23.7 Å². The molecule has 0 saturated carbocycles. The molecular formula is C16H21N3O2S. The number of carbonyl (C=O) groups excluding carboxylic acids is 1. The molecule has 2 aliphatic rings. The van der Waals surface area contributed by atoms with E-state index in [0.29, 0.717) is 18.3 Å². The number of nitrogens with zero attached hydrogens (tertiary/aromatic N) is 3. The molecule has 118 valence electrons. The maximum absolute atomic E-state index is 12.6. The van der Waals surface area contributed by atoms with E-state index in [-0.39, 0.29) is 12.0 Å². The Labute approximate surface area is 135 Å². The molecular weight excluding hydrogens is 298 g/mol. The van der Waals surface area contributed by atoms with E-state index in [2.05, 4.69) is 9.97 Å². The number of hydrogen-bond acceptors (Lipinski definition) is 5. The Bertz CT molecular complexity index is 511. The zero-order valence-corrected chi connectivity index (χ0v) is 13.4. The van der Waals surface area contributed by atoms with E-state index in [1.165, 1.54) is 0 Å². The van der Waals surface area contributed by atoms with E-state index >= 15 is 0 Å². The van der Waals surface area contributed by atoms with Crippen LogP contribution in [0.1, 0.15) is 25.0 Å². The van der Waals surface area contributed by atoms with Crippen molar-refractivity contribution in [1.29, 1.82) is 0 Å². The Kier molecular flexibility index (Phi) is 5.45. The Morgan fingerprint density at radius 2 is 2.41 bits per heavy atom. The minimum absolute atomic E-state index is 0.0497. The summed E-state index contributed by atoms with van der Waals surface area (Å²) in [6.07, 6.45) is 11.7. The van der Waals surface area contributed by atoms with Crippen LogP contribution >= 0.6 is 11.8 Å². The fourth-order valence-electron chi connectivity index (χ4n) is 2.84. The molecule has 3 heterocycles. The SMILES string of the molecule is O=C(/C=C/c1cnccn1)N(CC1CCCO1)C1CCSC1. The summed E-state index contributed by atoms with van der Waals surface area (Å²) < 4.78 is 5.71. The zero-order valence-electron chi connectivity index (χ0n) is 12.6. The number of carbonyl (C=O) groups is 1. The van der Waals surface area contributed by atoms with Gasteiger partial charge in [-0.1, -0.05) is 0 Å². The van der Waals surface area contributed by atoms with Gasteiger partial charge in [-0.2, -0.15) is 11.8 Å². The lowest BCUT2D eigenvalue weighted by Crippen LogP contribution is -2.44. The first-order chi connectivity index (χ1) is 10.8. The smallest absolute Gasteiger partial charge is 0.246 e. The first-order valence-corrected chi connectivity index (χ1v) is 8.92. The topological polar surface area (TPSA) is 55.3 Å². The molecule has 0 bridgehead atoms.